The van der Waals surface area contributed by atoms with Gasteiger partial charge < -0.3 is 20.4 Å². The highest BCUT2D eigenvalue weighted by atomic mass is 35.5. The number of para-hydroxylation sites is 1. The zero-order valence-corrected chi connectivity index (χ0v) is 16.9. The molecule has 2 N–H and O–H groups in total. The van der Waals surface area contributed by atoms with E-state index < -0.39 is 0 Å². The second kappa shape index (κ2) is 9.93. The SMILES string of the molecule is Cc1cc(Cl)ccc1NC(=O)CON=C1CCN(C(=O)Nc2ccccc2)CC1. The van der Waals surface area contributed by atoms with Gasteiger partial charge in [0.2, 0.25) is 0 Å². The number of hydrogen-bond acceptors (Lipinski definition) is 4. The van der Waals surface area contributed by atoms with E-state index in [0.717, 1.165) is 17.0 Å². The molecule has 152 valence electrons. The van der Waals surface area contributed by atoms with Crippen LogP contribution in [0.2, 0.25) is 5.02 Å². The van der Waals surface area contributed by atoms with E-state index in [1.165, 1.54) is 0 Å². The van der Waals surface area contributed by atoms with Crippen molar-refractivity contribution in [2.45, 2.75) is 19.8 Å². The highest BCUT2D eigenvalue weighted by molar-refractivity contribution is 6.30. The molecule has 1 aliphatic heterocycles. The van der Waals surface area contributed by atoms with Gasteiger partial charge in [0.05, 0.1) is 5.71 Å². The molecule has 7 nitrogen and oxygen atoms in total. The third-order valence-electron chi connectivity index (χ3n) is 4.50. The molecular formula is C21H23ClN4O3. The van der Waals surface area contributed by atoms with Crippen LogP contribution in [-0.2, 0) is 9.63 Å². The van der Waals surface area contributed by atoms with Crippen molar-refractivity contribution in [3.05, 3.63) is 59.1 Å². The number of nitrogens with zero attached hydrogens (tertiary/aromatic N) is 2. The molecule has 2 aromatic rings. The third kappa shape index (κ3) is 6.22. The Morgan fingerprint density at radius 1 is 1.10 bits per heavy atom. The summed E-state index contributed by atoms with van der Waals surface area (Å²) in [5.74, 6) is -0.292. The van der Waals surface area contributed by atoms with Crippen molar-refractivity contribution in [1.29, 1.82) is 0 Å². The fourth-order valence-corrected chi connectivity index (χ4v) is 3.15. The Hall–Kier alpha value is -3.06. The summed E-state index contributed by atoms with van der Waals surface area (Å²) in [5, 5.41) is 10.3. The first-order chi connectivity index (χ1) is 14.0. The Bertz CT molecular complexity index is 892. The Morgan fingerprint density at radius 3 is 2.52 bits per heavy atom. The molecule has 3 rings (SSSR count). The van der Waals surface area contributed by atoms with Gasteiger partial charge in [0, 0.05) is 42.3 Å². The zero-order chi connectivity index (χ0) is 20.6. The van der Waals surface area contributed by atoms with Crippen molar-refractivity contribution in [1.82, 2.24) is 4.90 Å². The second-order valence-electron chi connectivity index (χ2n) is 6.72. The number of piperidine rings is 1. The number of anilines is 2. The largest absolute Gasteiger partial charge is 0.386 e. The summed E-state index contributed by atoms with van der Waals surface area (Å²) in [5.41, 5.74) is 3.16. The summed E-state index contributed by atoms with van der Waals surface area (Å²) in [7, 11) is 0. The van der Waals surface area contributed by atoms with Crippen molar-refractivity contribution in [3.63, 3.8) is 0 Å². The van der Waals surface area contributed by atoms with Gasteiger partial charge in [-0.1, -0.05) is 35.0 Å². The number of hydrogen-bond donors (Lipinski definition) is 2. The van der Waals surface area contributed by atoms with Gasteiger partial charge in [0.25, 0.3) is 5.91 Å². The van der Waals surface area contributed by atoms with Gasteiger partial charge in [-0.15, -0.1) is 0 Å². The van der Waals surface area contributed by atoms with Gasteiger partial charge in [-0.25, -0.2) is 4.79 Å². The average molecular weight is 415 g/mol. The molecule has 1 saturated heterocycles. The first-order valence-electron chi connectivity index (χ1n) is 9.36. The van der Waals surface area contributed by atoms with E-state index in [2.05, 4.69) is 15.8 Å². The number of urea groups is 1. The number of nitrogens with one attached hydrogen (secondary N) is 2. The number of aryl methyl sites for hydroxylation is 1. The minimum Gasteiger partial charge on any atom is -0.386 e. The first kappa shape index (κ1) is 20.7. The highest BCUT2D eigenvalue weighted by Crippen LogP contribution is 2.19. The fraction of sp³-hybridized carbons (Fsp3) is 0.286. The Balaban J connectivity index is 1.40. The lowest BCUT2D eigenvalue weighted by molar-refractivity contribution is -0.120. The lowest BCUT2D eigenvalue weighted by atomic mass is 10.1. The summed E-state index contributed by atoms with van der Waals surface area (Å²) >= 11 is 5.91. The fourth-order valence-electron chi connectivity index (χ4n) is 2.92. The predicted molar refractivity (Wildman–Crippen MR) is 114 cm³/mol. The number of oxime groups is 1. The number of carbonyl (C=O) groups is 2. The van der Waals surface area contributed by atoms with E-state index in [1.807, 2.05) is 37.3 Å². The van der Waals surface area contributed by atoms with Crippen LogP contribution in [0.4, 0.5) is 16.2 Å². The molecule has 0 atom stereocenters. The minimum absolute atomic E-state index is 0.131. The zero-order valence-electron chi connectivity index (χ0n) is 16.2. The van der Waals surface area contributed by atoms with Gasteiger partial charge in [0.1, 0.15) is 0 Å². The molecule has 0 aliphatic carbocycles. The number of carbonyl (C=O) groups excluding carboxylic acids is 2. The normalized spacial score (nSPS) is 13.6. The molecule has 3 amide bonds. The molecule has 0 unspecified atom stereocenters. The summed E-state index contributed by atoms with van der Waals surface area (Å²) in [6.07, 6.45) is 1.22. The van der Waals surface area contributed by atoms with Crippen LogP contribution < -0.4 is 10.6 Å². The number of benzene rings is 2. The van der Waals surface area contributed by atoms with Crippen molar-refractivity contribution >= 4 is 40.6 Å². The second-order valence-corrected chi connectivity index (χ2v) is 7.16. The van der Waals surface area contributed by atoms with Gasteiger partial charge in [0.15, 0.2) is 6.61 Å². The summed E-state index contributed by atoms with van der Waals surface area (Å²) in [6.45, 7) is 2.79. The van der Waals surface area contributed by atoms with E-state index in [-0.39, 0.29) is 18.5 Å². The standard InChI is InChI=1S/C21H23ClN4O3/c1-15-13-16(22)7-8-19(15)24-20(27)14-29-25-18-9-11-26(12-10-18)21(28)23-17-5-3-2-4-6-17/h2-8,13H,9-12,14H2,1H3,(H,23,28)(H,24,27). The number of rotatable bonds is 5. The quantitative estimate of drug-likeness (QED) is 0.716. The maximum atomic E-state index is 12.3. The van der Waals surface area contributed by atoms with Crippen molar-refractivity contribution in [2.75, 3.05) is 30.3 Å². The van der Waals surface area contributed by atoms with E-state index in [4.69, 9.17) is 16.4 Å². The van der Waals surface area contributed by atoms with E-state index in [9.17, 15) is 9.59 Å². The lowest BCUT2D eigenvalue weighted by Crippen LogP contribution is -2.41. The van der Waals surface area contributed by atoms with Crippen LogP contribution in [0.3, 0.4) is 0 Å². The third-order valence-corrected chi connectivity index (χ3v) is 4.74. The van der Waals surface area contributed by atoms with Gasteiger partial charge in [-0.05, 0) is 42.8 Å². The van der Waals surface area contributed by atoms with Crippen LogP contribution in [0, 0.1) is 6.92 Å². The Morgan fingerprint density at radius 2 is 1.83 bits per heavy atom. The number of amides is 3. The van der Waals surface area contributed by atoms with Gasteiger partial charge in [-0.3, -0.25) is 4.79 Å². The van der Waals surface area contributed by atoms with Gasteiger partial charge >= 0.3 is 6.03 Å². The van der Waals surface area contributed by atoms with Crippen LogP contribution in [0.15, 0.2) is 53.7 Å². The maximum absolute atomic E-state index is 12.3. The van der Waals surface area contributed by atoms with Gasteiger partial charge in [-0.2, -0.15) is 0 Å². The lowest BCUT2D eigenvalue weighted by Gasteiger charge is -2.27. The minimum atomic E-state index is -0.292. The molecule has 2 aromatic carbocycles. The van der Waals surface area contributed by atoms with E-state index in [1.54, 1.807) is 23.1 Å². The summed E-state index contributed by atoms with van der Waals surface area (Å²) in [4.78, 5) is 31.2. The van der Waals surface area contributed by atoms with E-state index in [0.29, 0.717) is 36.6 Å². The average Bonchev–Trinajstić information content (AvgIpc) is 2.71. The van der Waals surface area contributed by atoms with Crippen molar-refractivity contribution in [2.24, 2.45) is 5.16 Å². The molecule has 29 heavy (non-hydrogen) atoms. The molecule has 0 bridgehead atoms. The monoisotopic (exact) mass is 414 g/mol. The number of halogens is 1. The number of likely N-dealkylation sites (tertiary alicyclic amines) is 1. The molecule has 1 aliphatic rings. The Labute approximate surface area is 174 Å². The van der Waals surface area contributed by atoms with Crippen LogP contribution in [0.5, 0.6) is 0 Å². The molecule has 0 saturated carbocycles. The maximum Gasteiger partial charge on any atom is 0.321 e. The Kier molecular flexibility index (Phi) is 7.08. The molecule has 1 fully saturated rings. The molecule has 1 heterocycles. The summed E-state index contributed by atoms with van der Waals surface area (Å²) in [6, 6.07) is 14.4. The van der Waals surface area contributed by atoms with Crippen LogP contribution in [-0.4, -0.2) is 42.2 Å². The molecule has 0 spiro atoms. The molecule has 0 aromatic heterocycles. The van der Waals surface area contributed by atoms with Crippen LogP contribution in [0.25, 0.3) is 0 Å². The highest BCUT2D eigenvalue weighted by Gasteiger charge is 2.20. The van der Waals surface area contributed by atoms with Crippen molar-refractivity contribution in [3.8, 4) is 0 Å². The van der Waals surface area contributed by atoms with Crippen molar-refractivity contribution < 1.29 is 14.4 Å². The molecular weight excluding hydrogens is 392 g/mol. The predicted octanol–water partition coefficient (Wildman–Crippen LogP) is 4.29. The smallest absolute Gasteiger partial charge is 0.321 e. The topological polar surface area (TPSA) is 83.0 Å². The first-order valence-corrected chi connectivity index (χ1v) is 9.74. The van der Waals surface area contributed by atoms with Crippen LogP contribution >= 0.6 is 11.6 Å². The van der Waals surface area contributed by atoms with E-state index >= 15 is 0 Å². The molecule has 0 radical (unpaired) electrons. The van der Waals surface area contributed by atoms with Crippen LogP contribution in [0.1, 0.15) is 18.4 Å². The summed E-state index contributed by atoms with van der Waals surface area (Å²) < 4.78 is 0. The molecule has 8 heteroatoms.